The summed E-state index contributed by atoms with van der Waals surface area (Å²) in [5.41, 5.74) is 0. The van der Waals surface area contributed by atoms with Crippen molar-refractivity contribution in [1.82, 2.24) is 0 Å². The molecule has 64 valence electrons. The van der Waals surface area contributed by atoms with Crippen molar-refractivity contribution in [1.29, 1.82) is 0 Å². The molecular weight excluding hydrogens is 230 g/mol. The average molecular weight is 236 g/mol. The fourth-order valence-corrected chi connectivity index (χ4v) is 1.99. The number of allylic oxidation sites excluding steroid dienone is 1. The van der Waals surface area contributed by atoms with Crippen LogP contribution in [0.15, 0.2) is 11.1 Å². The van der Waals surface area contributed by atoms with Crippen molar-refractivity contribution in [2.24, 2.45) is 0 Å². The van der Waals surface area contributed by atoms with E-state index in [-0.39, 0.29) is 0 Å². The van der Waals surface area contributed by atoms with Crippen molar-refractivity contribution < 1.29 is 5.11 Å². The molecule has 1 nitrogen and oxygen atoms in total. The SMILES string of the molecule is O[C@H]1C=C(Cl)[C@H](Cl)[C@@H](Cl)[C@H]1Cl. The molecule has 0 radical (unpaired) electrons. The molecule has 1 rings (SSSR count). The van der Waals surface area contributed by atoms with Crippen molar-refractivity contribution in [3.8, 4) is 0 Å². The van der Waals surface area contributed by atoms with Gasteiger partial charge in [-0.3, -0.25) is 0 Å². The van der Waals surface area contributed by atoms with Gasteiger partial charge in [0, 0.05) is 5.03 Å². The van der Waals surface area contributed by atoms with Gasteiger partial charge in [0.25, 0.3) is 0 Å². The lowest BCUT2D eigenvalue weighted by molar-refractivity contribution is 0.209. The van der Waals surface area contributed by atoms with Gasteiger partial charge in [-0.2, -0.15) is 0 Å². The van der Waals surface area contributed by atoms with Gasteiger partial charge in [0.2, 0.25) is 0 Å². The van der Waals surface area contributed by atoms with Crippen LogP contribution in [0.5, 0.6) is 0 Å². The van der Waals surface area contributed by atoms with Crippen molar-refractivity contribution in [2.75, 3.05) is 0 Å². The van der Waals surface area contributed by atoms with Crippen LogP contribution in [-0.2, 0) is 0 Å². The Labute approximate surface area is 84.9 Å². The quantitative estimate of drug-likeness (QED) is 0.639. The number of hydrogen-bond donors (Lipinski definition) is 1. The van der Waals surface area contributed by atoms with Crippen LogP contribution < -0.4 is 0 Å². The highest BCUT2D eigenvalue weighted by atomic mass is 35.5. The lowest BCUT2D eigenvalue weighted by Crippen LogP contribution is -2.38. The van der Waals surface area contributed by atoms with Crippen LogP contribution in [0.25, 0.3) is 0 Å². The minimum atomic E-state index is -0.804. The highest BCUT2D eigenvalue weighted by Gasteiger charge is 2.35. The highest BCUT2D eigenvalue weighted by Crippen LogP contribution is 2.33. The molecular formula is C6H6Cl4O. The van der Waals surface area contributed by atoms with Gasteiger partial charge in [-0.05, 0) is 6.08 Å². The van der Waals surface area contributed by atoms with E-state index in [0.717, 1.165) is 0 Å². The minimum Gasteiger partial charge on any atom is -0.387 e. The van der Waals surface area contributed by atoms with Crippen LogP contribution in [0.2, 0.25) is 0 Å². The molecule has 0 heterocycles. The van der Waals surface area contributed by atoms with Crippen LogP contribution in [0.3, 0.4) is 0 Å². The fourth-order valence-electron chi connectivity index (χ4n) is 0.849. The predicted octanol–water partition coefficient (Wildman–Crippen LogP) is 2.31. The topological polar surface area (TPSA) is 20.2 Å². The maximum atomic E-state index is 9.20. The third-order valence-electron chi connectivity index (χ3n) is 1.50. The molecule has 0 aromatic carbocycles. The molecule has 11 heavy (non-hydrogen) atoms. The Morgan fingerprint density at radius 2 is 1.73 bits per heavy atom. The first-order valence-electron chi connectivity index (χ1n) is 3.01. The molecule has 0 aliphatic heterocycles. The molecule has 0 saturated carbocycles. The molecule has 0 aromatic rings. The van der Waals surface area contributed by atoms with Gasteiger partial charge in [0.15, 0.2) is 0 Å². The zero-order chi connectivity index (χ0) is 8.59. The number of rotatable bonds is 0. The Bertz CT molecular complexity index is 181. The van der Waals surface area contributed by atoms with E-state index in [1.165, 1.54) is 6.08 Å². The summed E-state index contributed by atoms with van der Waals surface area (Å²) in [4.78, 5) is 0. The Hall–Kier alpha value is 0.860. The molecule has 0 amide bonds. The van der Waals surface area contributed by atoms with Crippen molar-refractivity contribution in [2.45, 2.75) is 22.2 Å². The lowest BCUT2D eigenvalue weighted by Gasteiger charge is -2.28. The van der Waals surface area contributed by atoms with Crippen LogP contribution in [0.4, 0.5) is 0 Å². The van der Waals surface area contributed by atoms with Crippen LogP contribution >= 0.6 is 46.4 Å². The molecule has 5 heteroatoms. The molecule has 0 spiro atoms. The lowest BCUT2D eigenvalue weighted by atomic mass is 10.0. The first kappa shape index (κ1) is 9.94. The summed E-state index contributed by atoms with van der Waals surface area (Å²) in [5, 5.41) is 7.97. The fraction of sp³-hybridized carbons (Fsp3) is 0.667. The van der Waals surface area contributed by atoms with E-state index < -0.39 is 22.2 Å². The Morgan fingerprint density at radius 3 is 2.27 bits per heavy atom. The van der Waals surface area contributed by atoms with Crippen LogP contribution in [0.1, 0.15) is 0 Å². The molecule has 4 atom stereocenters. The summed E-state index contributed by atoms with van der Waals surface area (Å²) >= 11 is 22.9. The second-order valence-corrected chi connectivity index (χ2v) is 4.25. The zero-order valence-corrected chi connectivity index (χ0v) is 8.37. The highest BCUT2D eigenvalue weighted by molar-refractivity contribution is 6.42. The molecule has 0 unspecified atom stereocenters. The summed E-state index contributed by atoms with van der Waals surface area (Å²) in [7, 11) is 0. The minimum absolute atomic E-state index is 0.357. The van der Waals surface area contributed by atoms with Crippen molar-refractivity contribution >= 4 is 46.4 Å². The summed E-state index contributed by atoms with van der Waals surface area (Å²) in [5.74, 6) is 0. The van der Waals surface area contributed by atoms with E-state index in [9.17, 15) is 5.11 Å². The van der Waals surface area contributed by atoms with E-state index in [2.05, 4.69) is 0 Å². The normalized spacial score (nSPS) is 45.4. The first-order valence-corrected chi connectivity index (χ1v) is 4.70. The first-order chi connectivity index (χ1) is 5.04. The van der Waals surface area contributed by atoms with E-state index in [0.29, 0.717) is 5.03 Å². The smallest absolute Gasteiger partial charge is 0.0914 e. The van der Waals surface area contributed by atoms with Crippen LogP contribution in [0, 0.1) is 0 Å². The number of hydrogen-bond acceptors (Lipinski definition) is 1. The predicted molar refractivity (Wildman–Crippen MR) is 48.9 cm³/mol. The van der Waals surface area contributed by atoms with Gasteiger partial charge < -0.3 is 5.11 Å². The molecule has 1 aliphatic rings. The van der Waals surface area contributed by atoms with E-state index >= 15 is 0 Å². The molecule has 0 fully saturated rings. The second-order valence-electron chi connectivity index (χ2n) is 2.33. The Kier molecular flexibility index (Phi) is 3.36. The summed E-state index contributed by atoms with van der Waals surface area (Å²) in [6.07, 6.45) is 0.608. The Morgan fingerprint density at radius 1 is 1.18 bits per heavy atom. The standard InChI is InChI=1S/C6H6Cl4O/c7-2-1-3(11)5(9)6(10)4(2)8/h1,3-6,11H/t3-,4-,5-,6+/m0/s1. The number of aliphatic hydroxyl groups is 1. The largest absolute Gasteiger partial charge is 0.387 e. The maximum absolute atomic E-state index is 9.20. The van der Waals surface area contributed by atoms with Gasteiger partial charge in [-0.15, -0.1) is 34.8 Å². The number of alkyl halides is 3. The van der Waals surface area contributed by atoms with Gasteiger partial charge in [-0.25, -0.2) is 0 Å². The van der Waals surface area contributed by atoms with Crippen LogP contribution in [-0.4, -0.2) is 27.3 Å². The van der Waals surface area contributed by atoms with Gasteiger partial charge >= 0.3 is 0 Å². The van der Waals surface area contributed by atoms with Gasteiger partial charge in [0.1, 0.15) is 0 Å². The number of halogens is 4. The maximum Gasteiger partial charge on any atom is 0.0914 e. The third kappa shape index (κ3) is 1.96. The molecule has 0 aromatic heterocycles. The van der Waals surface area contributed by atoms with Gasteiger partial charge in [-0.1, -0.05) is 11.6 Å². The Balaban J connectivity index is 2.83. The summed E-state index contributed by atoms with van der Waals surface area (Å²) < 4.78 is 0. The van der Waals surface area contributed by atoms with E-state index in [1.807, 2.05) is 0 Å². The monoisotopic (exact) mass is 234 g/mol. The summed E-state index contributed by atoms with van der Waals surface area (Å²) in [6, 6.07) is 0. The molecule has 0 saturated heterocycles. The van der Waals surface area contributed by atoms with Crippen molar-refractivity contribution in [3.63, 3.8) is 0 Å². The second kappa shape index (κ2) is 3.71. The third-order valence-corrected chi connectivity index (χ3v) is 3.79. The summed E-state index contributed by atoms with van der Waals surface area (Å²) in [6.45, 7) is 0. The molecule has 1 aliphatic carbocycles. The average Bonchev–Trinajstić information content (AvgIpc) is 1.97. The van der Waals surface area contributed by atoms with E-state index in [4.69, 9.17) is 46.4 Å². The van der Waals surface area contributed by atoms with Gasteiger partial charge in [0.05, 0.1) is 22.2 Å². The van der Waals surface area contributed by atoms with Crippen molar-refractivity contribution in [3.05, 3.63) is 11.1 Å². The molecule has 1 N–H and O–H groups in total. The molecule has 0 bridgehead atoms. The zero-order valence-electron chi connectivity index (χ0n) is 5.35. The number of aliphatic hydroxyl groups excluding tert-OH is 1. The van der Waals surface area contributed by atoms with E-state index in [1.54, 1.807) is 0 Å².